The summed E-state index contributed by atoms with van der Waals surface area (Å²) in [4.78, 5) is 30.3. The molecule has 1 aliphatic heterocycles. The molecule has 178 valence electrons. The topological polar surface area (TPSA) is 103 Å². The van der Waals surface area contributed by atoms with Crippen LogP contribution in [0.3, 0.4) is 0 Å². The molecule has 0 fully saturated rings. The van der Waals surface area contributed by atoms with Crippen LogP contribution in [0, 0.1) is 6.92 Å². The number of ether oxygens (including phenoxy) is 2. The largest absolute Gasteiger partial charge is 0.454 e. The first kappa shape index (κ1) is 23.3. The first-order chi connectivity index (χ1) is 16.2. The van der Waals surface area contributed by atoms with E-state index in [1.54, 1.807) is 25.1 Å². The fourth-order valence-corrected chi connectivity index (χ4v) is 3.59. The highest BCUT2D eigenvalue weighted by Gasteiger charge is 2.30. The minimum atomic E-state index is -4.52. The quantitative estimate of drug-likeness (QED) is 0.568. The number of aromatic nitrogens is 2. The second-order valence-electron chi connectivity index (χ2n) is 7.56. The van der Waals surface area contributed by atoms with Crippen molar-refractivity contribution in [2.45, 2.75) is 26.1 Å². The number of carbonyl (C=O) groups is 1. The van der Waals surface area contributed by atoms with Crippen LogP contribution in [0.2, 0.25) is 0 Å². The molecule has 2 heterocycles. The second kappa shape index (κ2) is 9.18. The zero-order chi connectivity index (χ0) is 24.5. The van der Waals surface area contributed by atoms with Crippen LogP contribution in [0.4, 0.5) is 18.9 Å². The van der Waals surface area contributed by atoms with Gasteiger partial charge in [0, 0.05) is 41.6 Å². The third-order valence-electron chi connectivity index (χ3n) is 5.26. The average molecular weight is 475 g/mol. The lowest BCUT2D eigenvalue weighted by molar-refractivity contribution is -0.137. The lowest BCUT2D eigenvalue weighted by atomic mass is 10.1. The number of amides is 1. The van der Waals surface area contributed by atoms with Gasteiger partial charge in [0.1, 0.15) is 12.4 Å². The zero-order valence-corrected chi connectivity index (χ0v) is 18.0. The number of rotatable bonds is 6. The van der Waals surface area contributed by atoms with Gasteiger partial charge in [-0.1, -0.05) is 12.1 Å². The van der Waals surface area contributed by atoms with Crippen LogP contribution in [0.1, 0.15) is 16.8 Å². The highest BCUT2D eigenvalue weighted by molar-refractivity contribution is 5.91. The van der Waals surface area contributed by atoms with E-state index in [-0.39, 0.29) is 36.8 Å². The van der Waals surface area contributed by atoms with Crippen molar-refractivity contribution in [2.75, 3.05) is 18.7 Å². The Morgan fingerprint density at radius 1 is 1.15 bits per heavy atom. The zero-order valence-electron chi connectivity index (χ0n) is 18.0. The molecule has 1 amide bonds. The van der Waals surface area contributed by atoms with E-state index in [1.807, 2.05) is 0 Å². The van der Waals surface area contributed by atoms with Gasteiger partial charge in [0.2, 0.25) is 12.7 Å². The van der Waals surface area contributed by atoms with Gasteiger partial charge in [-0.3, -0.25) is 14.2 Å². The number of aliphatic hydroxyl groups is 1. The van der Waals surface area contributed by atoms with Crippen LogP contribution in [-0.2, 0) is 23.9 Å². The fraction of sp³-hybridized carbons (Fsp3) is 0.261. The number of nitrogens with zero attached hydrogens (tertiary/aromatic N) is 2. The molecule has 4 rings (SSSR count). The van der Waals surface area contributed by atoms with E-state index in [9.17, 15) is 27.9 Å². The molecule has 2 N–H and O–H groups in total. The van der Waals surface area contributed by atoms with Crippen molar-refractivity contribution in [3.63, 3.8) is 0 Å². The lowest BCUT2D eigenvalue weighted by Gasteiger charge is -2.16. The SMILES string of the molecule is Cc1nc(-c2ccc(C(F)(F)F)cc2)n(CC(=O)Nc2ccc3c(c2)OCO3)c(=O)c1CCO. The maximum atomic E-state index is 13.2. The van der Waals surface area contributed by atoms with Gasteiger partial charge >= 0.3 is 6.18 Å². The molecular weight excluding hydrogens is 455 g/mol. The van der Waals surface area contributed by atoms with Crippen LogP contribution < -0.4 is 20.3 Å². The van der Waals surface area contributed by atoms with E-state index < -0.39 is 29.8 Å². The molecule has 1 aromatic heterocycles. The van der Waals surface area contributed by atoms with E-state index in [1.165, 1.54) is 12.1 Å². The Bertz CT molecular complexity index is 1290. The third kappa shape index (κ3) is 4.74. The average Bonchev–Trinajstić information content (AvgIpc) is 3.26. The summed E-state index contributed by atoms with van der Waals surface area (Å²) in [6.45, 7) is 0.883. The number of halogens is 3. The van der Waals surface area contributed by atoms with Gasteiger partial charge in [-0.15, -0.1) is 0 Å². The van der Waals surface area contributed by atoms with Crippen molar-refractivity contribution >= 4 is 11.6 Å². The molecular formula is C23H20F3N3O5. The lowest BCUT2D eigenvalue weighted by Crippen LogP contribution is -2.33. The molecule has 8 nitrogen and oxygen atoms in total. The number of carbonyl (C=O) groups excluding carboxylic acids is 1. The number of benzene rings is 2. The Kier molecular flexibility index (Phi) is 6.29. The summed E-state index contributed by atoms with van der Waals surface area (Å²) in [7, 11) is 0. The van der Waals surface area contributed by atoms with E-state index >= 15 is 0 Å². The van der Waals surface area contributed by atoms with Gasteiger partial charge in [0.05, 0.1) is 5.56 Å². The number of hydrogen-bond acceptors (Lipinski definition) is 6. The molecule has 0 atom stereocenters. The van der Waals surface area contributed by atoms with Gasteiger partial charge in [0.25, 0.3) is 5.56 Å². The van der Waals surface area contributed by atoms with Crippen molar-refractivity contribution < 1.29 is 32.5 Å². The number of fused-ring (bicyclic) bond motifs is 1. The Hall–Kier alpha value is -3.86. The predicted molar refractivity (Wildman–Crippen MR) is 116 cm³/mol. The molecule has 11 heteroatoms. The van der Waals surface area contributed by atoms with Crippen molar-refractivity contribution in [3.05, 3.63) is 69.6 Å². The van der Waals surface area contributed by atoms with Crippen LogP contribution in [-0.4, -0.2) is 34.0 Å². The van der Waals surface area contributed by atoms with Gasteiger partial charge in [-0.25, -0.2) is 4.98 Å². The number of aryl methyl sites for hydroxylation is 1. The smallest absolute Gasteiger partial charge is 0.416 e. The Morgan fingerprint density at radius 2 is 1.85 bits per heavy atom. The molecule has 34 heavy (non-hydrogen) atoms. The minimum absolute atomic E-state index is 0.0226. The van der Waals surface area contributed by atoms with E-state index in [0.29, 0.717) is 22.9 Å². The second-order valence-corrected chi connectivity index (χ2v) is 7.56. The monoisotopic (exact) mass is 475 g/mol. The van der Waals surface area contributed by atoms with Crippen molar-refractivity contribution in [1.29, 1.82) is 0 Å². The maximum Gasteiger partial charge on any atom is 0.416 e. The maximum absolute atomic E-state index is 13.2. The molecule has 0 radical (unpaired) electrons. The summed E-state index contributed by atoms with van der Waals surface area (Å²) in [5.74, 6) is 0.478. The molecule has 0 spiro atoms. The van der Waals surface area contributed by atoms with E-state index in [2.05, 4.69) is 10.3 Å². The van der Waals surface area contributed by atoms with E-state index in [0.717, 1.165) is 16.7 Å². The van der Waals surface area contributed by atoms with Gasteiger partial charge in [0.15, 0.2) is 11.5 Å². The normalized spacial score (nSPS) is 12.6. The van der Waals surface area contributed by atoms with Crippen molar-refractivity contribution in [3.8, 4) is 22.9 Å². The number of hydrogen-bond donors (Lipinski definition) is 2. The predicted octanol–water partition coefficient (Wildman–Crippen LogP) is 3.14. The summed E-state index contributed by atoms with van der Waals surface area (Å²) in [5.41, 5.74) is -0.222. The summed E-state index contributed by atoms with van der Waals surface area (Å²) in [6.07, 6.45) is -4.49. The molecule has 3 aromatic rings. The molecule has 0 saturated carbocycles. The fourth-order valence-electron chi connectivity index (χ4n) is 3.59. The molecule has 0 unspecified atom stereocenters. The number of aliphatic hydroxyl groups excluding tert-OH is 1. The molecule has 0 aliphatic carbocycles. The Balaban J connectivity index is 1.69. The number of nitrogens with one attached hydrogen (secondary N) is 1. The molecule has 0 bridgehead atoms. The van der Waals surface area contributed by atoms with Gasteiger partial charge in [-0.05, 0) is 31.2 Å². The molecule has 1 aliphatic rings. The summed E-state index contributed by atoms with van der Waals surface area (Å²) in [5, 5.41) is 12.0. The van der Waals surface area contributed by atoms with Crippen LogP contribution >= 0.6 is 0 Å². The third-order valence-corrected chi connectivity index (χ3v) is 5.26. The number of alkyl halides is 3. The highest BCUT2D eigenvalue weighted by Crippen LogP contribution is 2.34. The van der Waals surface area contributed by atoms with Gasteiger partial charge in [-0.2, -0.15) is 13.2 Å². The minimum Gasteiger partial charge on any atom is -0.454 e. The molecule has 0 saturated heterocycles. The Morgan fingerprint density at radius 3 is 2.53 bits per heavy atom. The van der Waals surface area contributed by atoms with E-state index in [4.69, 9.17) is 9.47 Å². The van der Waals surface area contributed by atoms with Crippen molar-refractivity contribution in [2.24, 2.45) is 0 Å². The number of anilines is 1. The summed E-state index contributed by atoms with van der Waals surface area (Å²) >= 11 is 0. The highest BCUT2D eigenvalue weighted by atomic mass is 19.4. The van der Waals surface area contributed by atoms with Crippen LogP contribution in [0.5, 0.6) is 11.5 Å². The first-order valence-corrected chi connectivity index (χ1v) is 10.3. The molecule has 2 aromatic carbocycles. The van der Waals surface area contributed by atoms with Crippen molar-refractivity contribution in [1.82, 2.24) is 9.55 Å². The summed E-state index contributed by atoms with van der Waals surface area (Å²) in [6, 6.07) is 8.97. The van der Waals surface area contributed by atoms with Gasteiger partial charge < -0.3 is 19.9 Å². The first-order valence-electron chi connectivity index (χ1n) is 10.3. The Labute approximate surface area is 191 Å². The summed E-state index contributed by atoms with van der Waals surface area (Å²) < 4.78 is 50.5. The van der Waals surface area contributed by atoms with Crippen LogP contribution in [0.15, 0.2) is 47.3 Å². The standard InChI is InChI=1S/C23H20F3N3O5/c1-13-17(8-9-30)22(32)29(21(27-13)14-2-4-15(5-3-14)23(24,25)26)11-20(31)28-16-6-7-18-19(10-16)34-12-33-18/h2-7,10,30H,8-9,11-12H2,1H3,(H,28,31). The van der Waals surface area contributed by atoms with Crippen LogP contribution in [0.25, 0.3) is 11.4 Å².